The van der Waals surface area contributed by atoms with Crippen LogP contribution in [0.25, 0.3) is 0 Å². The van der Waals surface area contributed by atoms with Crippen LogP contribution in [-0.2, 0) is 4.79 Å². The summed E-state index contributed by atoms with van der Waals surface area (Å²) in [7, 11) is 0. The number of nitrogens with zero attached hydrogens (tertiary/aromatic N) is 2. The molecule has 0 aliphatic carbocycles. The van der Waals surface area contributed by atoms with Gasteiger partial charge in [0.15, 0.2) is 5.78 Å². The van der Waals surface area contributed by atoms with Crippen LogP contribution < -0.4 is 11.0 Å². The molecule has 0 radical (unpaired) electrons. The number of aromatic amines is 1. The SMILES string of the molecule is Cc1cnc(NN2C=CC(=O)CC(CC=N)C2)[nH]c1=O. The largest absolute Gasteiger partial charge is 0.313 e. The number of aryl methyl sites for hydroxylation is 1. The van der Waals surface area contributed by atoms with Gasteiger partial charge >= 0.3 is 0 Å². The quantitative estimate of drug-likeness (QED) is 0.707. The molecule has 2 heterocycles. The lowest BCUT2D eigenvalue weighted by Gasteiger charge is -2.23. The number of allylic oxidation sites excluding steroid dienone is 1. The molecule has 0 amide bonds. The van der Waals surface area contributed by atoms with E-state index in [2.05, 4.69) is 15.4 Å². The molecular weight excluding hydrogens is 258 g/mol. The molecule has 0 aromatic carbocycles. The Bertz CT molecular complexity index is 593. The molecule has 1 aliphatic heterocycles. The second kappa shape index (κ2) is 6.14. The van der Waals surface area contributed by atoms with Crippen LogP contribution in [0.15, 0.2) is 23.3 Å². The van der Waals surface area contributed by atoms with Crippen molar-refractivity contribution in [2.24, 2.45) is 5.92 Å². The van der Waals surface area contributed by atoms with Gasteiger partial charge in [-0.3, -0.25) is 25.0 Å². The van der Waals surface area contributed by atoms with E-state index in [9.17, 15) is 9.59 Å². The van der Waals surface area contributed by atoms with Crippen LogP contribution in [0, 0.1) is 18.3 Å². The van der Waals surface area contributed by atoms with Crippen LogP contribution >= 0.6 is 0 Å². The van der Waals surface area contributed by atoms with E-state index in [1.807, 2.05) is 0 Å². The average molecular weight is 275 g/mol. The molecule has 7 heteroatoms. The van der Waals surface area contributed by atoms with Gasteiger partial charge in [0.05, 0.1) is 0 Å². The summed E-state index contributed by atoms with van der Waals surface area (Å²) in [6, 6.07) is 0. The summed E-state index contributed by atoms with van der Waals surface area (Å²) in [5.41, 5.74) is 3.29. The van der Waals surface area contributed by atoms with Crippen LogP contribution in [0.4, 0.5) is 5.95 Å². The Morgan fingerprint density at radius 3 is 3.10 bits per heavy atom. The number of carbonyl (C=O) groups excluding carboxylic acids is 1. The minimum atomic E-state index is -0.201. The van der Waals surface area contributed by atoms with E-state index in [0.717, 1.165) is 0 Å². The third-order valence-corrected chi connectivity index (χ3v) is 3.06. The first-order valence-electron chi connectivity index (χ1n) is 6.37. The van der Waals surface area contributed by atoms with Crippen molar-refractivity contribution in [1.82, 2.24) is 15.0 Å². The lowest BCUT2D eigenvalue weighted by atomic mass is 10.0. The van der Waals surface area contributed by atoms with Crippen molar-refractivity contribution in [3.05, 3.63) is 34.4 Å². The highest BCUT2D eigenvalue weighted by molar-refractivity contribution is 5.90. The highest BCUT2D eigenvalue weighted by atomic mass is 16.1. The van der Waals surface area contributed by atoms with E-state index in [1.165, 1.54) is 18.5 Å². The molecule has 106 valence electrons. The molecule has 1 aliphatic rings. The summed E-state index contributed by atoms with van der Waals surface area (Å²) in [5, 5.41) is 8.86. The Morgan fingerprint density at radius 2 is 2.40 bits per heavy atom. The average Bonchev–Trinajstić information content (AvgIpc) is 2.56. The fraction of sp³-hybridized carbons (Fsp3) is 0.385. The maximum atomic E-state index is 11.6. The van der Waals surface area contributed by atoms with Crippen LogP contribution in [0.1, 0.15) is 18.4 Å². The van der Waals surface area contributed by atoms with Crippen molar-refractivity contribution in [2.75, 3.05) is 12.0 Å². The molecule has 7 nitrogen and oxygen atoms in total. The molecular formula is C13H17N5O2. The number of rotatable bonds is 4. The minimum absolute atomic E-state index is 0.0338. The number of hydrogen-bond donors (Lipinski definition) is 3. The maximum absolute atomic E-state index is 11.6. The van der Waals surface area contributed by atoms with Gasteiger partial charge in [-0.05, 0) is 31.6 Å². The standard InChI is InChI=1S/C13H17N5O2/c1-9-7-15-13(16-12(9)20)17-18-5-3-11(19)6-10(8-18)2-4-14/h3-5,7,10,14H,2,6,8H2,1H3,(H2,15,16,17,20). The zero-order chi connectivity index (χ0) is 14.5. The second-order valence-corrected chi connectivity index (χ2v) is 4.80. The van der Waals surface area contributed by atoms with Gasteiger partial charge in [0.25, 0.3) is 5.56 Å². The van der Waals surface area contributed by atoms with Gasteiger partial charge in [0.2, 0.25) is 5.95 Å². The lowest BCUT2D eigenvalue weighted by molar-refractivity contribution is -0.115. The smallest absolute Gasteiger partial charge is 0.255 e. The van der Waals surface area contributed by atoms with Crippen molar-refractivity contribution in [3.63, 3.8) is 0 Å². The van der Waals surface area contributed by atoms with Crippen LogP contribution in [-0.4, -0.2) is 33.5 Å². The van der Waals surface area contributed by atoms with Crippen LogP contribution in [0.3, 0.4) is 0 Å². The van der Waals surface area contributed by atoms with Gasteiger partial charge in [-0.25, -0.2) is 4.98 Å². The van der Waals surface area contributed by atoms with Crippen molar-refractivity contribution >= 4 is 17.9 Å². The number of ketones is 1. The van der Waals surface area contributed by atoms with Crippen molar-refractivity contribution < 1.29 is 4.79 Å². The zero-order valence-electron chi connectivity index (χ0n) is 11.2. The number of anilines is 1. The summed E-state index contributed by atoms with van der Waals surface area (Å²) in [4.78, 5) is 29.8. The maximum Gasteiger partial charge on any atom is 0.255 e. The van der Waals surface area contributed by atoms with Gasteiger partial charge < -0.3 is 5.41 Å². The Kier molecular flexibility index (Phi) is 4.29. The Morgan fingerprint density at radius 1 is 1.60 bits per heavy atom. The summed E-state index contributed by atoms with van der Waals surface area (Å²) in [6.45, 7) is 2.25. The van der Waals surface area contributed by atoms with E-state index in [1.54, 1.807) is 18.1 Å². The zero-order valence-corrected chi connectivity index (χ0v) is 11.2. The van der Waals surface area contributed by atoms with E-state index in [-0.39, 0.29) is 17.3 Å². The van der Waals surface area contributed by atoms with E-state index in [0.29, 0.717) is 30.9 Å². The monoisotopic (exact) mass is 275 g/mol. The van der Waals surface area contributed by atoms with Crippen LogP contribution in [0.2, 0.25) is 0 Å². The molecule has 1 aromatic rings. The molecule has 20 heavy (non-hydrogen) atoms. The summed E-state index contributed by atoms with van der Waals surface area (Å²) >= 11 is 0. The molecule has 0 saturated carbocycles. The van der Waals surface area contributed by atoms with Gasteiger partial charge in [0, 0.05) is 30.9 Å². The third-order valence-electron chi connectivity index (χ3n) is 3.06. The second-order valence-electron chi connectivity index (χ2n) is 4.80. The molecule has 0 fully saturated rings. The lowest BCUT2D eigenvalue weighted by Crippen LogP contribution is -2.31. The molecule has 1 atom stereocenters. The summed E-state index contributed by atoms with van der Waals surface area (Å²) in [6.07, 6.45) is 6.89. The van der Waals surface area contributed by atoms with Crippen LogP contribution in [0.5, 0.6) is 0 Å². The first-order chi connectivity index (χ1) is 9.58. The number of H-pyrrole nitrogens is 1. The highest BCUT2D eigenvalue weighted by Crippen LogP contribution is 2.15. The third kappa shape index (κ3) is 3.53. The number of hydrogen-bond acceptors (Lipinski definition) is 6. The predicted octanol–water partition coefficient (Wildman–Crippen LogP) is 0.850. The Balaban J connectivity index is 2.11. The summed E-state index contributed by atoms with van der Waals surface area (Å²) in [5.74, 6) is 0.430. The van der Waals surface area contributed by atoms with Gasteiger partial charge in [-0.15, -0.1) is 0 Å². The normalized spacial score (nSPS) is 18.8. The fourth-order valence-corrected chi connectivity index (χ4v) is 1.99. The van der Waals surface area contributed by atoms with Gasteiger partial charge in [-0.2, -0.15) is 0 Å². The molecule has 0 saturated heterocycles. The van der Waals surface area contributed by atoms with E-state index >= 15 is 0 Å². The van der Waals surface area contributed by atoms with E-state index in [4.69, 9.17) is 5.41 Å². The Labute approximate surface area is 116 Å². The minimum Gasteiger partial charge on any atom is -0.313 e. The molecule has 2 rings (SSSR count). The van der Waals surface area contributed by atoms with Crippen molar-refractivity contribution in [3.8, 4) is 0 Å². The predicted molar refractivity (Wildman–Crippen MR) is 75.6 cm³/mol. The summed E-state index contributed by atoms with van der Waals surface area (Å²) < 4.78 is 0. The number of aromatic nitrogens is 2. The number of hydrazine groups is 1. The van der Waals surface area contributed by atoms with Crippen molar-refractivity contribution in [2.45, 2.75) is 19.8 Å². The Hall–Kier alpha value is -2.44. The molecule has 3 N–H and O–H groups in total. The molecule has 1 unspecified atom stereocenters. The first-order valence-corrected chi connectivity index (χ1v) is 6.37. The molecule has 0 bridgehead atoms. The number of nitrogens with one attached hydrogen (secondary N) is 3. The topological polar surface area (TPSA) is 102 Å². The van der Waals surface area contributed by atoms with Crippen molar-refractivity contribution in [1.29, 1.82) is 5.41 Å². The first kappa shape index (κ1) is 14.0. The highest BCUT2D eigenvalue weighted by Gasteiger charge is 2.18. The number of carbonyl (C=O) groups is 1. The van der Waals surface area contributed by atoms with E-state index < -0.39 is 0 Å². The molecule has 0 spiro atoms. The van der Waals surface area contributed by atoms with Gasteiger partial charge in [-0.1, -0.05) is 0 Å². The van der Waals surface area contributed by atoms with Gasteiger partial charge in [0.1, 0.15) is 0 Å². The fourth-order valence-electron chi connectivity index (χ4n) is 1.99. The molecule has 1 aromatic heterocycles.